The molecule has 0 saturated heterocycles. The van der Waals surface area contributed by atoms with Crippen LogP contribution in [0.3, 0.4) is 0 Å². The molecule has 0 saturated carbocycles. The summed E-state index contributed by atoms with van der Waals surface area (Å²) in [5, 5.41) is 12.0. The topological polar surface area (TPSA) is 88.1 Å². The highest BCUT2D eigenvalue weighted by atomic mass is 16.5. The van der Waals surface area contributed by atoms with Crippen LogP contribution in [-0.2, 0) is 0 Å². The lowest BCUT2D eigenvalue weighted by Crippen LogP contribution is -2.09. The molecule has 7 heteroatoms. The van der Waals surface area contributed by atoms with Crippen molar-refractivity contribution in [1.82, 2.24) is 20.2 Å². The van der Waals surface area contributed by atoms with E-state index in [1.807, 2.05) is 0 Å². The molecule has 7 nitrogen and oxygen atoms in total. The van der Waals surface area contributed by atoms with E-state index in [-0.39, 0.29) is 6.04 Å². The minimum atomic E-state index is 0.201. The highest BCUT2D eigenvalue weighted by molar-refractivity contribution is 5.75. The van der Waals surface area contributed by atoms with Gasteiger partial charge in [-0.3, -0.25) is 0 Å². The second kappa shape index (κ2) is 6.43. The van der Waals surface area contributed by atoms with Crippen LogP contribution in [0.5, 0.6) is 11.5 Å². The number of ether oxygens (including phenoxy) is 2. The van der Waals surface area contributed by atoms with Gasteiger partial charge in [-0.25, -0.2) is 4.68 Å². The molecule has 1 atom stereocenters. The molecule has 2 aromatic rings. The van der Waals surface area contributed by atoms with E-state index >= 15 is 0 Å². The molecular formula is C14H21N5O2. The Balaban J connectivity index is 2.50. The maximum Gasteiger partial charge on any atom is 0.184 e. The normalized spacial score (nSPS) is 12.2. The zero-order chi connectivity index (χ0) is 15.4. The average molecular weight is 291 g/mol. The highest BCUT2D eigenvalue weighted by Crippen LogP contribution is 2.37. The molecule has 0 aliphatic carbocycles. The number of methoxy groups -OCH3 is 2. The van der Waals surface area contributed by atoms with Gasteiger partial charge in [-0.2, -0.15) is 0 Å². The second-order valence-electron chi connectivity index (χ2n) is 4.88. The van der Waals surface area contributed by atoms with E-state index in [9.17, 15) is 0 Å². The van der Waals surface area contributed by atoms with Crippen LogP contribution in [0, 0.1) is 0 Å². The van der Waals surface area contributed by atoms with Gasteiger partial charge in [0.25, 0.3) is 0 Å². The van der Waals surface area contributed by atoms with Crippen LogP contribution in [0.25, 0.3) is 11.4 Å². The quantitative estimate of drug-likeness (QED) is 0.822. The average Bonchev–Trinajstić information content (AvgIpc) is 2.96. The lowest BCUT2D eigenvalue weighted by atomic mass is 10.1. The number of nitrogen functional groups attached to an aromatic ring is 1. The van der Waals surface area contributed by atoms with Crippen LogP contribution >= 0.6 is 0 Å². The van der Waals surface area contributed by atoms with E-state index in [0.29, 0.717) is 23.0 Å². The predicted molar refractivity (Wildman–Crippen MR) is 80.4 cm³/mol. The zero-order valence-corrected chi connectivity index (χ0v) is 12.8. The van der Waals surface area contributed by atoms with E-state index in [0.717, 1.165) is 18.4 Å². The molecule has 114 valence electrons. The summed E-state index contributed by atoms with van der Waals surface area (Å²) >= 11 is 0. The van der Waals surface area contributed by atoms with Crippen molar-refractivity contribution < 1.29 is 9.47 Å². The maximum absolute atomic E-state index is 6.11. The number of hydrogen-bond donors (Lipinski definition) is 1. The number of nitrogens with two attached hydrogens (primary N) is 1. The van der Waals surface area contributed by atoms with Crippen molar-refractivity contribution in [2.24, 2.45) is 0 Å². The fourth-order valence-electron chi connectivity index (χ4n) is 2.30. The molecule has 1 aromatic heterocycles. The van der Waals surface area contributed by atoms with Crippen molar-refractivity contribution in [2.45, 2.75) is 32.7 Å². The summed E-state index contributed by atoms with van der Waals surface area (Å²) in [6, 6.07) is 3.72. The Hall–Kier alpha value is -2.31. The summed E-state index contributed by atoms with van der Waals surface area (Å²) in [7, 11) is 3.16. The van der Waals surface area contributed by atoms with Crippen molar-refractivity contribution in [1.29, 1.82) is 0 Å². The fraction of sp³-hybridized carbons (Fsp3) is 0.500. The molecule has 0 spiro atoms. The first-order chi connectivity index (χ1) is 10.1. The van der Waals surface area contributed by atoms with Crippen LogP contribution in [-0.4, -0.2) is 34.4 Å². The number of anilines is 1. The Labute approximate surface area is 124 Å². The highest BCUT2D eigenvalue weighted by Gasteiger charge is 2.19. The van der Waals surface area contributed by atoms with Gasteiger partial charge in [0.2, 0.25) is 0 Å². The minimum Gasteiger partial charge on any atom is -0.493 e. The smallest absolute Gasteiger partial charge is 0.184 e. The molecule has 2 N–H and O–H groups in total. The number of rotatable bonds is 6. The van der Waals surface area contributed by atoms with Crippen LogP contribution in [0.2, 0.25) is 0 Å². The van der Waals surface area contributed by atoms with Gasteiger partial charge in [0.1, 0.15) is 0 Å². The molecule has 1 unspecified atom stereocenters. The Morgan fingerprint density at radius 3 is 2.52 bits per heavy atom. The Morgan fingerprint density at radius 1 is 1.24 bits per heavy atom. The van der Waals surface area contributed by atoms with Crippen LogP contribution in [0.4, 0.5) is 5.69 Å². The van der Waals surface area contributed by atoms with Crippen molar-refractivity contribution >= 4 is 5.69 Å². The number of hydrogen-bond acceptors (Lipinski definition) is 6. The van der Waals surface area contributed by atoms with Crippen LogP contribution in [0.1, 0.15) is 32.7 Å². The van der Waals surface area contributed by atoms with Gasteiger partial charge in [0.15, 0.2) is 17.3 Å². The first-order valence-electron chi connectivity index (χ1n) is 6.92. The summed E-state index contributed by atoms with van der Waals surface area (Å²) in [6.45, 7) is 4.21. The largest absolute Gasteiger partial charge is 0.493 e. The fourth-order valence-corrected chi connectivity index (χ4v) is 2.30. The third-order valence-electron chi connectivity index (χ3n) is 3.41. The molecule has 21 heavy (non-hydrogen) atoms. The zero-order valence-electron chi connectivity index (χ0n) is 12.8. The Kier molecular flexibility index (Phi) is 4.62. The lowest BCUT2D eigenvalue weighted by molar-refractivity contribution is 0.355. The molecule has 0 aliphatic rings. The third kappa shape index (κ3) is 2.91. The number of aromatic nitrogens is 4. The summed E-state index contributed by atoms with van der Waals surface area (Å²) in [6.07, 6.45) is 2.05. The number of benzene rings is 1. The lowest BCUT2D eigenvalue weighted by Gasteiger charge is -2.15. The molecule has 1 heterocycles. The number of tetrazole rings is 1. The van der Waals surface area contributed by atoms with Crippen molar-refractivity contribution in [2.75, 3.05) is 20.0 Å². The van der Waals surface area contributed by atoms with E-state index in [4.69, 9.17) is 15.2 Å². The maximum atomic E-state index is 6.11. The molecule has 0 amide bonds. The third-order valence-corrected chi connectivity index (χ3v) is 3.41. The van der Waals surface area contributed by atoms with Gasteiger partial charge in [0.05, 0.1) is 20.3 Å². The molecule has 1 aromatic carbocycles. The van der Waals surface area contributed by atoms with Crippen LogP contribution in [0.15, 0.2) is 12.1 Å². The van der Waals surface area contributed by atoms with Gasteiger partial charge in [-0.05, 0) is 29.8 Å². The van der Waals surface area contributed by atoms with Gasteiger partial charge in [0, 0.05) is 17.3 Å². The van der Waals surface area contributed by atoms with Crippen molar-refractivity contribution in [3.05, 3.63) is 12.1 Å². The summed E-state index contributed by atoms with van der Waals surface area (Å²) in [4.78, 5) is 0. The SMILES string of the molecule is CCCC(C)n1nnnc1-c1cc(OC)c(OC)cc1N. The second-order valence-corrected chi connectivity index (χ2v) is 4.88. The standard InChI is InChI=1S/C14H21N5O2/c1-5-6-9(2)19-14(16-17-18-19)10-7-12(20-3)13(21-4)8-11(10)15/h7-9H,5-6,15H2,1-4H3. The summed E-state index contributed by atoms with van der Waals surface area (Å²) in [5.74, 6) is 1.81. The van der Waals surface area contributed by atoms with E-state index < -0.39 is 0 Å². The Bertz CT molecular complexity index is 611. The predicted octanol–water partition coefficient (Wildman–Crippen LogP) is 2.30. The van der Waals surface area contributed by atoms with Crippen molar-refractivity contribution in [3.63, 3.8) is 0 Å². The van der Waals surface area contributed by atoms with E-state index in [2.05, 4.69) is 29.4 Å². The first kappa shape index (κ1) is 15.1. The first-order valence-corrected chi connectivity index (χ1v) is 6.92. The molecule has 0 fully saturated rings. The summed E-state index contributed by atoms with van der Waals surface area (Å²) in [5.41, 5.74) is 7.40. The molecule has 0 bridgehead atoms. The number of nitrogens with zero attached hydrogens (tertiary/aromatic N) is 4. The van der Waals surface area contributed by atoms with E-state index in [1.165, 1.54) is 0 Å². The molecule has 0 radical (unpaired) electrons. The summed E-state index contributed by atoms with van der Waals surface area (Å²) < 4.78 is 12.4. The van der Waals surface area contributed by atoms with E-state index in [1.54, 1.807) is 31.0 Å². The van der Waals surface area contributed by atoms with Gasteiger partial charge >= 0.3 is 0 Å². The van der Waals surface area contributed by atoms with Gasteiger partial charge in [-0.15, -0.1) is 5.10 Å². The minimum absolute atomic E-state index is 0.201. The molecule has 2 rings (SSSR count). The van der Waals surface area contributed by atoms with Crippen molar-refractivity contribution in [3.8, 4) is 22.9 Å². The van der Waals surface area contributed by atoms with Gasteiger partial charge in [-0.1, -0.05) is 13.3 Å². The Morgan fingerprint density at radius 2 is 1.90 bits per heavy atom. The monoisotopic (exact) mass is 291 g/mol. The molecular weight excluding hydrogens is 270 g/mol. The van der Waals surface area contributed by atoms with Crippen LogP contribution < -0.4 is 15.2 Å². The van der Waals surface area contributed by atoms with Gasteiger partial charge < -0.3 is 15.2 Å². The molecule has 0 aliphatic heterocycles.